The van der Waals surface area contributed by atoms with Gasteiger partial charge in [-0.25, -0.2) is 0 Å². The van der Waals surface area contributed by atoms with Crippen molar-refractivity contribution in [3.8, 4) is 0 Å². The molecule has 0 aliphatic rings. The molecule has 21 heavy (non-hydrogen) atoms. The van der Waals surface area contributed by atoms with Crippen molar-refractivity contribution in [2.24, 2.45) is 0 Å². The van der Waals surface area contributed by atoms with Gasteiger partial charge in [0.25, 0.3) is 0 Å². The third-order valence-electron chi connectivity index (χ3n) is 1.55. The number of hydrogen-bond acceptors (Lipinski definition) is 1. The van der Waals surface area contributed by atoms with Gasteiger partial charge in [-0.1, -0.05) is 11.5 Å². The van der Waals surface area contributed by atoms with Crippen molar-refractivity contribution in [2.45, 2.75) is 13.0 Å². The van der Waals surface area contributed by atoms with Crippen LogP contribution in [0.1, 0.15) is 6.92 Å². The molecule has 1 atom stereocenters. The van der Waals surface area contributed by atoms with Crippen molar-refractivity contribution in [3.63, 3.8) is 0 Å². The van der Waals surface area contributed by atoms with Crippen molar-refractivity contribution < 1.29 is 10.5 Å². The Morgan fingerprint density at radius 3 is 1.62 bits per heavy atom. The van der Waals surface area contributed by atoms with E-state index in [2.05, 4.69) is 92.5 Å². The molecule has 2 heteroatoms. The molecule has 0 aromatic heterocycles. The Kier molecular flexibility index (Phi) is 10.5. The van der Waals surface area contributed by atoms with Crippen LogP contribution in [0, 0.1) is 0 Å². The van der Waals surface area contributed by atoms with E-state index in [1.807, 2.05) is 0 Å². The first-order valence-corrected chi connectivity index (χ1v) is 5.66. The molecule has 0 bridgehead atoms. The number of carbonyl (C=O) groups is 1. The molecule has 0 aromatic rings. The van der Waals surface area contributed by atoms with Crippen LogP contribution in [0.5, 0.6) is 0 Å². The van der Waals surface area contributed by atoms with Crippen molar-refractivity contribution in [2.75, 3.05) is 0 Å². The number of carbonyl (C=O) groups excluding carboxylic acids is 1. The van der Waals surface area contributed by atoms with Crippen LogP contribution in [-0.4, -0.2) is 11.8 Å². The lowest BCUT2D eigenvalue weighted by atomic mass is 10.2. The number of ketones is 1. The van der Waals surface area contributed by atoms with Crippen LogP contribution in [0.4, 0.5) is 0 Å². The highest BCUT2D eigenvalue weighted by Crippen LogP contribution is 1.76. The molecule has 3 N–H and O–H groups in total. The summed E-state index contributed by atoms with van der Waals surface area (Å²) >= 11 is 0. The molecule has 2 nitrogen and oxygen atoms in total. The summed E-state index contributed by atoms with van der Waals surface area (Å²) in [6.07, 6.45) is 1.25. The van der Waals surface area contributed by atoms with Gasteiger partial charge < -0.3 is 5.73 Å². The van der Waals surface area contributed by atoms with Crippen LogP contribution in [0.25, 0.3) is 0 Å². The van der Waals surface area contributed by atoms with E-state index in [0.29, 0.717) is 0 Å². The molecule has 0 spiro atoms. The van der Waals surface area contributed by atoms with E-state index in [9.17, 15) is 4.79 Å². The smallest absolute Gasteiger partial charge is 0.220 e. The van der Waals surface area contributed by atoms with E-state index >= 15 is 0 Å². The molecule has 0 radical (unpaired) electrons. The van der Waals surface area contributed by atoms with Crippen LogP contribution < -0.4 is 5.73 Å². The lowest BCUT2D eigenvalue weighted by Gasteiger charge is -1.89. The fourth-order valence-corrected chi connectivity index (χ4v) is 0.642. The summed E-state index contributed by atoms with van der Waals surface area (Å²) in [4.78, 5) is 11.1. The zero-order valence-electron chi connectivity index (χ0n) is 11.5. The predicted molar refractivity (Wildman–Crippen MR) is 76.7 cm³/mol. The van der Waals surface area contributed by atoms with Gasteiger partial charge in [0.2, 0.25) is 5.78 Å². The molecule has 96 valence electrons. The minimum atomic E-state index is -0.307. The van der Waals surface area contributed by atoms with Crippen LogP contribution in [0.3, 0.4) is 0 Å². The van der Waals surface area contributed by atoms with Gasteiger partial charge in [-0.15, -0.1) is 0 Å². The standard InChI is InChI=1S/C19H9NO/c1-3-4-5-6-7-8-9-10-11-12-13-14-15-16-17-19(21)18(2)20/h17-18H,1,20H2,2H3/p+1/t18-/m0/s1. The van der Waals surface area contributed by atoms with Gasteiger partial charge in [-0.2, -0.15) is 0 Å². The topological polar surface area (TPSA) is 44.7 Å². The number of hydrogen-bond donors (Lipinski definition) is 1. The molecule has 0 aliphatic carbocycles. The Bertz CT molecular complexity index is 934. The van der Waals surface area contributed by atoms with Gasteiger partial charge in [0.05, 0.1) is 0 Å². The predicted octanol–water partition coefficient (Wildman–Crippen LogP) is 1.54. The summed E-state index contributed by atoms with van der Waals surface area (Å²) in [5.41, 5.74) is 38.1. The van der Waals surface area contributed by atoms with Gasteiger partial charge in [0.15, 0.2) is 0 Å². The summed E-state index contributed by atoms with van der Waals surface area (Å²) in [6, 6.07) is -0.307. The van der Waals surface area contributed by atoms with Crippen molar-refractivity contribution in [3.05, 3.63) is 92.9 Å². The minimum absolute atomic E-state index is 0.135. The number of rotatable bonds is 2. The zero-order chi connectivity index (χ0) is 15.8. The van der Waals surface area contributed by atoms with E-state index in [4.69, 9.17) is 0 Å². The average molecular weight is 268 g/mol. The molecule has 0 heterocycles. The largest absolute Gasteiger partial charge is 0.349 e. The SMILES string of the molecule is C=C=C=C=C=C=C=C=C=C=C=C=C=C=C=CC(=O)[C@H](C)[NH3+]. The van der Waals surface area contributed by atoms with Gasteiger partial charge >= 0.3 is 0 Å². The number of quaternary nitrogens is 1. The summed E-state index contributed by atoms with van der Waals surface area (Å²) in [6.45, 7) is 4.99. The molecule has 0 saturated carbocycles. The summed E-state index contributed by atoms with van der Waals surface area (Å²) < 4.78 is 0. The first kappa shape index (κ1) is 17.3. The minimum Gasteiger partial charge on any atom is -0.349 e. The maximum absolute atomic E-state index is 11.1. The highest BCUT2D eigenvalue weighted by Gasteiger charge is 2.04. The van der Waals surface area contributed by atoms with Crippen molar-refractivity contribution in [1.82, 2.24) is 0 Å². The molecular weight excluding hydrogens is 258 g/mol. The summed E-state index contributed by atoms with van der Waals surface area (Å²) in [5.74, 6) is -0.135. The second-order valence-electron chi connectivity index (χ2n) is 3.27. The first-order chi connectivity index (χ1) is 10.2. The van der Waals surface area contributed by atoms with Crippen LogP contribution in [0.2, 0.25) is 0 Å². The fraction of sp³-hybridized carbons (Fsp3) is 0.105. The molecular formula is C19H10NO+. The lowest BCUT2D eigenvalue weighted by Crippen LogP contribution is -2.62. The van der Waals surface area contributed by atoms with E-state index < -0.39 is 0 Å². The van der Waals surface area contributed by atoms with Crippen LogP contribution >= 0.6 is 0 Å². The Labute approximate surface area is 122 Å². The monoisotopic (exact) mass is 268 g/mol. The third-order valence-corrected chi connectivity index (χ3v) is 1.55. The Morgan fingerprint density at radius 1 is 0.857 bits per heavy atom. The zero-order valence-corrected chi connectivity index (χ0v) is 11.5. The fourth-order valence-electron chi connectivity index (χ4n) is 0.642. The second kappa shape index (κ2) is 12.7. The molecule has 0 aromatic carbocycles. The summed E-state index contributed by atoms with van der Waals surface area (Å²) in [7, 11) is 0. The van der Waals surface area contributed by atoms with E-state index in [1.54, 1.807) is 6.92 Å². The molecule has 0 unspecified atom stereocenters. The second-order valence-corrected chi connectivity index (χ2v) is 3.27. The van der Waals surface area contributed by atoms with E-state index in [-0.39, 0.29) is 11.8 Å². The molecule has 0 saturated heterocycles. The maximum atomic E-state index is 11.1. The molecule has 0 rings (SSSR count). The van der Waals surface area contributed by atoms with Gasteiger partial charge in [-0.05, 0) is 82.3 Å². The van der Waals surface area contributed by atoms with Gasteiger partial charge in [0.1, 0.15) is 6.04 Å². The van der Waals surface area contributed by atoms with Crippen molar-refractivity contribution in [1.29, 1.82) is 0 Å². The van der Waals surface area contributed by atoms with Crippen LogP contribution in [0.15, 0.2) is 92.9 Å². The highest BCUT2D eigenvalue weighted by molar-refractivity contribution is 5.92. The lowest BCUT2D eigenvalue weighted by molar-refractivity contribution is -0.396. The Morgan fingerprint density at radius 2 is 1.24 bits per heavy atom. The summed E-state index contributed by atoms with van der Waals surface area (Å²) in [5, 5.41) is 0. The Balaban J connectivity index is 5.49. The maximum Gasteiger partial charge on any atom is 0.220 e. The van der Waals surface area contributed by atoms with Gasteiger partial charge in [0, 0.05) is 6.08 Å². The molecule has 0 aliphatic heterocycles. The average Bonchev–Trinajstić information content (AvgIpc) is 2.47. The first-order valence-electron chi connectivity index (χ1n) is 5.66. The van der Waals surface area contributed by atoms with Crippen LogP contribution in [-0.2, 0) is 4.79 Å². The normalized spacial score (nSPS) is 6.95. The highest BCUT2D eigenvalue weighted by atomic mass is 16.1. The molecule has 0 fully saturated rings. The van der Waals surface area contributed by atoms with E-state index in [1.165, 1.54) is 6.08 Å². The van der Waals surface area contributed by atoms with Gasteiger partial charge in [-0.3, -0.25) is 4.79 Å². The van der Waals surface area contributed by atoms with E-state index in [0.717, 1.165) is 0 Å². The quantitative estimate of drug-likeness (QED) is 0.599. The molecule has 0 amide bonds. The van der Waals surface area contributed by atoms with Crippen molar-refractivity contribution >= 4 is 5.78 Å². The third kappa shape index (κ3) is 12.5. The Hall–Kier alpha value is -3.71.